The second kappa shape index (κ2) is 10.0. The molecule has 2 heterocycles. The van der Waals surface area contributed by atoms with Crippen LogP contribution < -0.4 is 11.1 Å². The van der Waals surface area contributed by atoms with Crippen molar-refractivity contribution in [2.45, 2.75) is 19.8 Å². The first-order chi connectivity index (χ1) is 16.4. The Bertz CT molecular complexity index is 1370. The number of nitrogens with zero attached hydrogens (tertiary/aromatic N) is 4. The Labute approximate surface area is 204 Å². The molecule has 7 nitrogen and oxygen atoms in total. The molecule has 0 bridgehead atoms. The quantitative estimate of drug-likeness (QED) is 0.354. The number of amides is 1. The van der Waals surface area contributed by atoms with E-state index in [2.05, 4.69) is 21.5 Å². The molecular weight excluding hydrogens is 475 g/mol. The zero-order valence-electron chi connectivity index (χ0n) is 18.2. The molecule has 0 saturated heterocycles. The Balaban J connectivity index is 1.39. The number of carbonyl (C=O) groups is 1. The number of aryl methyl sites for hydroxylation is 2. The third kappa shape index (κ3) is 4.93. The number of hydrogen-bond donors (Lipinski definition) is 2. The van der Waals surface area contributed by atoms with Crippen molar-refractivity contribution >= 4 is 34.7 Å². The maximum Gasteiger partial charge on any atom is 0.263 e. The van der Waals surface area contributed by atoms with Crippen molar-refractivity contribution in [3.05, 3.63) is 81.2 Å². The number of benzene rings is 2. The van der Waals surface area contributed by atoms with E-state index in [1.807, 2.05) is 12.1 Å². The van der Waals surface area contributed by atoms with Gasteiger partial charge in [0, 0.05) is 17.1 Å². The number of hydrogen-bond acceptors (Lipinski definition) is 6. The smallest absolute Gasteiger partial charge is 0.263 e. The van der Waals surface area contributed by atoms with E-state index in [0.717, 1.165) is 10.6 Å². The minimum Gasteiger partial charge on any atom is -0.382 e. The van der Waals surface area contributed by atoms with Crippen molar-refractivity contribution in [2.24, 2.45) is 0 Å². The number of carbonyl (C=O) groups excluding carboxylic acids is 1. The average Bonchev–Trinajstić information content (AvgIpc) is 3.37. The molecular formula is C24H20ClFN6OS. The highest BCUT2D eigenvalue weighted by molar-refractivity contribution is 7.17. The van der Waals surface area contributed by atoms with E-state index in [0.29, 0.717) is 46.4 Å². The predicted molar refractivity (Wildman–Crippen MR) is 131 cm³/mol. The number of nitriles is 1. The Hall–Kier alpha value is -3.74. The van der Waals surface area contributed by atoms with E-state index < -0.39 is 0 Å². The first-order valence-corrected chi connectivity index (χ1v) is 11.6. The number of thiazole rings is 1. The molecule has 4 aromatic rings. The summed E-state index contributed by atoms with van der Waals surface area (Å²) >= 11 is 7.26. The summed E-state index contributed by atoms with van der Waals surface area (Å²) in [5.41, 5.74) is 9.01. The molecule has 2 aromatic carbocycles. The lowest BCUT2D eigenvalue weighted by atomic mass is 10.1. The molecule has 0 aliphatic rings. The third-order valence-corrected chi connectivity index (χ3v) is 6.60. The van der Waals surface area contributed by atoms with E-state index in [4.69, 9.17) is 17.3 Å². The standard InChI is InChI=1S/C24H20ClFN6OS/c1-14-21(34-24(30-14)15-4-6-16(25)7-5-15)23(33)29-12-2-3-20-19(13-27)22(28)32(31-20)18-10-8-17(26)9-11-18/h4-11H,2-3,12,28H2,1H3,(H,29,33). The highest BCUT2D eigenvalue weighted by Gasteiger charge is 2.18. The molecule has 0 atom stereocenters. The molecule has 0 saturated carbocycles. The van der Waals surface area contributed by atoms with Crippen LogP contribution in [-0.2, 0) is 6.42 Å². The minimum absolute atomic E-state index is 0.197. The van der Waals surface area contributed by atoms with Gasteiger partial charge >= 0.3 is 0 Å². The fourth-order valence-electron chi connectivity index (χ4n) is 3.42. The fourth-order valence-corrected chi connectivity index (χ4v) is 4.53. The largest absolute Gasteiger partial charge is 0.382 e. The van der Waals surface area contributed by atoms with E-state index >= 15 is 0 Å². The molecule has 34 heavy (non-hydrogen) atoms. The fraction of sp³-hybridized carbons (Fsp3) is 0.167. The Morgan fingerprint density at radius 3 is 2.62 bits per heavy atom. The van der Waals surface area contributed by atoms with Crippen molar-refractivity contribution in [3.8, 4) is 22.3 Å². The van der Waals surface area contributed by atoms with Gasteiger partial charge in [0.15, 0.2) is 0 Å². The highest BCUT2D eigenvalue weighted by Crippen LogP contribution is 2.29. The van der Waals surface area contributed by atoms with Crippen LogP contribution >= 0.6 is 22.9 Å². The maximum absolute atomic E-state index is 13.2. The normalized spacial score (nSPS) is 10.8. The van der Waals surface area contributed by atoms with Gasteiger partial charge < -0.3 is 11.1 Å². The first-order valence-electron chi connectivity index (χ1n) is 10.4. The highest BCUT2D eigenvalue weighted by atomic mass is 35.5. The van der Waals surface area contributed by atoms with Gasteiger partial charge in [-0.15, -0.1) is 11.3 Å². The lowest BCUT2D eigenvalue weighted by Crippen LogP contribution is -2.24. The summed E-state index contributed by atoms with van der Waals surface area (Å²) in [7, 11) is 0. The molecule has 10 heteroatoms. The molecule has 0 unspecified atom stereocenters. The van der Waals surface area contributed by atoms with Gasteiger partial charge in [-0.25, -0.2) is 14.1 Å². The van der Waals surface area contributed by atoms with Gasteiger partial charge in [-0.3, -0.25) is 4.79 Å². The van der Waals surface area contributed by atoms with E-state index in [9.17, 15) is 14.4 Å². The maximum atomic E-state index is 13.2. The van der Waals surface area contributed by atoms with E-state index in [1.165, 1.54) is 28.2 Å². The summed E-state index contributed by atoms with van der Waals surface area (Å²) in [5, 5.41) is 18.2. The topological polar surface area (TPSA) is 110 Å². The van der Waals surface area contributed by atoms with Crippen LogP contribution in [0.1, 0.15) is 33.0 Å². The number of anilines is 1. The molecule has 3 N–H and O–H groups in total. The summed E-state index contributed by atoms with van der Waals surface area (Å²) in [5.74, 6) is -0.377. The number of halogens is 2. The number of nitrogens with one attached hydrogen (secondary N) is 1. The van der Waals surface area contributed by atoms with Gasteiger partial charge in [0.05, 0.1) is 17.1 Å². The zero-order valence-corrected chi connectivity index (χ0v) is 19.8. The van der Waals surface area contributed by atoms with Gasteiger partial charge in [0.25, 0.3) is 5.91 Å². The van der Waals surface area contributed by atoms with Crippen molar-refractivity contribution in [2.75, 3.05) is 12.3 Å². The summed E-state index contributed by atoms with van der Waals surface area (Å²) in [6.45, 7) is 2.19. The van der Waals surface area contributed by atoms with Crippen LogP contribution in [0, 0.1) is 24.1 Å². The number of nitrogen functional groups attached to an aromatic ring is 1. The molecule has 0 radical (unpaired) electrons. The summed E-state index contributed by atoms with van der Waals surface area (Å²) in [6.07, 6.45) is 1.00. The van der Waals surface area contributed by atoms with Gasteiger partial charge in [-0.2, -0.15) is 10.4 Å². The Morgan fingerprint density at radius 1 is 1.24 bits per heavy atom. The molecule has 0 fully saturated rings. The summed E-state index contributed by atoms with van der Waals surface area (Å²) in [6, 6.07) is 15.1. The molecule has 4 rings (SSSR count). The van der Waals surface area contributed by atoms with Crippen LogP contribution in [0.15, 0.2) is 48.5 Å². The SMILES string of the molecule is Cc1nc(-c2ccc(Cl)cc2)sc1C(=O)NCCCc1nn(-c2ccc(F)cc2)c(N)c1C#N. The van der Waals surface area contributed by atoms with Crippen LogP contribution in [0.25, 0.3) is 16.3 Å². The summed E-state index contributed by atoms with van der Waals surface area (Å²) < 4.78 is 14.6. The number of nitrogens with two attached hydrogens (primary N) is 1. The zero-order chi connectivity index (χ0) is 24.2. The molecule has 0 aliphatic heterocycles. The summed E-state index contributed by atoms with van der Waals surface area (Å²) in [4.78, 5) is 17.7. The van der Waals surface area contributed by atoms with Crippen molar-refractivity contribution < 1.29 is 9.18 Å². The lowest BCUT2D eigenvalue weighted by Gasteiger charge is -2.04. The van der Waals surface area contributed by atoms with Crippen LogP contribution in [0.5, 0.6) is 0 Å². The Kier molecular flexibility index (Phi) is 6.91. The molecule has 1 amide bonds. The van der Waals surface area contributed by atoms with E-state index in [1.54, 1.807) is 31.2 Å². The second-order valence-electron chi connectivity index (χ2n) is 7.51. The van der Waals surface area contributed by atoms with Gasteiger partial charge in [0.2, 0.25) is 0 Å². The van der Waals surface area contributed by atoms with Crippen LogP contribution in [-0.4, -0.2) is 27.2 Å². The second-order valence-corrected chi connectivity index (χ2v) is 8.94. The van der Waals surface area contributed by atoms with Crippen LogP contribution in [0.3, 0.4) is 0 Å². The monoisotopic (exact) mass is 494 g/mol. The van der Waals surface area contributed by atoms with Gasteiger partial charge in [0.1, 0.15) is 33.2 Å². The van der Waals surface area contributed by atoms with Crippen LogP contribution in [0.2, 0.25) is 5.02 Å². The third-order valence-electron chi connectivity index (χ3n) is 5.15. The van der Waals surface area contributed by atoms with Crippen molar-refractivity contribution in [1.82, 2.24) is 20.1 Å². The molecule has 0 aliphatic carbocycles. The lowest BCUT2D eigenvalue weighted by molar-refractivity contribution is 0.0956. The van der Waals surface area contributed by atoms with E-state index in [-0.39, 0.29) is 23.1 Å². The van der Waals surface area contributed by atoms with Crippen molar-refractivity contribution in [3.63, 3.8) is 0 Å². The average molecular weight is 495 g/mol. The minimum atomic E-state index is -0.373. The predicted octanol–water partition coefficient (Wildman–Crippen LogP) is 4.91. The molecule has 0 spiro atoms. The molecule has 2 aromatic heterocycles. The van der Waals surface area contributed by atoms with Gasteiger partial charge in [-0.1, -0.05) is 23.7 Å². The number of aromatic nitrogens is 3. The Morgan fingerprint density at radius 2 is 1.94 bits per heavy atom. The first kappa shape index (κ1) is 23.4. The van der Waals surface area contributed by atoms with Crippen LogP contribution in [0.4, 0.5) is 10.2 Å². The molecule has 172 valence electrons. The van der Waals surface area contributed by atoms with Crippen molar-refractivity contribution in [1.29, 1.82) is 5.26 Å². The van der Waals surface area contributed by atoms with Gasteiger partial charge in [-0.05, 0) is 56.2 Å². The number of rotatable bonds is 7.